The zero-order valence-electron chi connectivity index (χ0n) is 18.4. The number of carbonyl (C=O) groups excluding carboxylic acids is 1. The molecule has 3 rings (SSSR count). The molecule has 33 heavy (non-hydrogen) atoms. The number of fused-ring (bicyclic) bond motifs is 1. The second kappa shape index (κ2) is 11.3. The lowest BCUT2D eigenvalue weighted by Gasteiger charge is -2.16. The van der Waals surface area contributed by atoms with Gasteiger partial charge in [0, 0.05) is 10.4 Å². The van der Waals surface area contributed by atoms with Gasteiger partial charge in [0.15, 0.2) is 6.10 Å². The summed E-state index contributed by atoms with van der Waals surface area (Å²) >= 11 is 7.72. The lowest BCUT2D eigenvalue weighted by atomic mass is 10.1. The molecule has 3 aromatic rings. The summed E-state index contributed by atoms with van der Waals surface area (Å²) in [6.45, 7) is 5.72. The maximum atomic E-state index is 13.3. The molecule has 0 radical (unpaired) electrons. The van der Waals surface area contributed by atoms with Crippen LogP contribution in [-0.4, -0.2) is 35.1 Å². The van der Waals surface area contributed by atoms with Crippen molar-refractivity contribution in [3.8, 4) is 5.75 Å². The summed E-state index contributed by atoms with van der Waals surface area (Å²) in [6, 6.07) is 9.23. The van der Waals surface area contributed by atoms with Crippen molar-refractivity contribution in [1.82, 2.24) is 9.66 Å². The zero-order chi connectivity index (χ0) is 24.3. The summed E-state index contributed by atoms with van der Waals surface area (Å²) in [5.41, 5.74) is 1.22. The Morgan fingerprint density at radius 1 is 1.24 bits per heavy atom. The van der Waals surface area contributed by atoms with Crippen LogP contribution in [0.25, 0.3) is 10.9 Å². The highest BCUT2D eigenvalue weighted by molar-refractivity contribution is 14.1. The number of esters is 1. The molecule has 2 atom stereocenters. The number of rotatable bonds is 7. The average molecular weight is 738 g/mol. The van der Waals surface area contributed by atoms with E-state index in [4.69, 9.17) is 14.5 Å². The van der Waals surface area contributed by atoms with Crippen molar-refractivity contribution in [3.05, 3.63) is 63.7 Å². The first kappa shape index (κ1) is 26.1. The molecule has 0 N–H and O–H groups in total. The third-order valence-electron chi connectivity index (χ3n) is 5.06. The van der Waals surface area contributed by atoms with Crippen molar-refractivity contribution in [3.63, 3.8) is 0 Å². The van der Waals surface area contributed by atoms with Gasteiger partial charge in [0.2, 0.25) is 0 Å². The predicted molar refractivity (Wildman–Crippen MR) is 149 cm³/mol. The molecule has 0 spiro atoms. The topological polar surface area (TPSA) is 82.8 Å². The van der Waals surface area contributed by atoms with E-state index in [9.17, 15) is 9.59 Å². The molecule has 0 aliphatic heterocycles. The minimum Gasteiger partial charge on any atom is -0.477 e. The highest BCUT2D eigenvalue weighted by Gasteiger charge is 2.19. The van der Waals surface area contributed by atoms with Crippen molar-refractivity contribution >= 4 is 84.2 Å². The number of hydrogen-bond acceptors (Lipinski definition) is 6. The van der Waals surface area contributed by atoms with E-state index in [1.165, 1.54) is 11.8 Å². The van der Waals surface area contributed by atoms with E-state index < -0.39 is 12.1 Å². The smallest absolute Gasteiger partial charge is 0.346 e. The fourth-order valence-electron chi connectivity index (χ4n) is 3.06. The first-order valence-electron chi connectivity index (χ1n) is 10.2. The molecule has 10 heteroatoms. The molecule has 0 unspecified atom stereocenters. The van der Waals surface area contributed by atoms with Crippen LogP contribution in [0.15, 0.2) is 44.7 Å². The number of benzene rings is 2. The number of aromatic nitrogens is 2. The minimum absolute atomic E-state index is 0.0544. The molecule has 7 nitrogen and oxygen atoms in total. The molecule has 0 bridgehead atoms. The van der Waals surface area contributed by atoms with Crippen molar-refractivity contribution in [2.45, 2.75) is 39.2 Å². The number of nitrogens with zero attached hydrogens (tertiary/aromatic N) is 3. The molecular weight excluding hydrogens is 716 g/mol. The molecule has 0 saturated heterocycles. The fourth-order valence-corrected chi connectivity index (χ4v) is 5.49. The Hall–Kier alpha value is -1.54. The van der Waals surface area contributed by atoms with Crippen LogP contribution < -0.4 is 10.3 Å². The van der Waals surface area contributed by atoms with Crippen molar-refractivity contribution in [1.29, 1.82) is 0 Å². The Morgan fingerprint density at radius 2 is 1.91 bits per heavy atom. The van der Waals surface area contributed by atoms with Crippen LogP contribution in [0.2, 0.25) is 0 Å². The third kappa shape index (κ3) is 5.94. The van der Waals surface area contributed by atoms with Crippen LogP contribution in [0.4, 0.5) is 0 Å². The molecule has 2 aromatic carbocycles. The van der Waals surface area contributed by atoms with E-state index in [1.54, 1.807) is 19.2 Å². The summed E-state index contributed by atoms with van der Waals surface area (Å²) < 4.78 is 14.3. The van der Waals surface area contributed by atoms with Crippen LogP contribution in [-0.2, 0) is 9.53 Å². The third-order valence-corrected chi connectivity index (χ3v) is 7.15. The molecule has 1 heterocycles. The number of carbonyl (C=O) groups is 1. The van der Waals surface area contributed by atoms with Gasteiger partial charge in [0.1, 0.15) is 11.6 Å². The second-order valence-electron chi connectivity index (χ2n) is 7.40. The lowest BCUT2D eigenvalue weighted by molar-refractivity contribution is -0.147. The highest BCUT2D eigenvalue weighted by atomic mass is 127. The average Bonchev–Trinajstić information content (AvgIpc) is 2.79. The van der Waals surface area contributed by atoms with E-state index in [1.807, 2.05) is 31.2 Å². The standard InChI is InChI=1S/C23H22BrI2N3O4/c1-5-12(2)21-28-19-7-6-15(24)10-16(19)22(30)29(21)27-11-14-8-17(25)20(18(26)9-14)33-13(3)23(31)32-4/h6-13H,5H2,1-4H3/t12-,13-/m0/s1. The van der Waals surface area contributed by atoms with Crippen LogP contribution >= 0.6 is 61.1 Å². The summed E-state index contributed by atoms with van der Waals surface area (Å²) in [5.74, 6) is 0.823. The highest BCUT2D eigenvalue weighted by Crippen LogP contribution is 2.30. The first-order chi connectivity index (χ1) is 15.7. The molecular formula is C23H22BrI2N3O4. The van der Waals surface area contributed by atoms with Crippen molar-refractivity contribution in [2.24, 2.45) is 5.10 Å². The predicted octanol–water partition coefficient (Wildman–Crippen LogP) is 5.70. The number of methoxy groups -OCH3 is 1. The van der Waals surface area contributed by atoms with Gasteiger partial charge in [-0.15, -0.1) is 0 Å². The lowest BCUT2D eigenvalue weighted by Crippen LogP contribution is -2.25. The van der Waals surface area contributed by atoms with E-state index >= 15 is 0 Å². The minimum atomic E-state index is -0.726. The van der Waals surface area contributed by atoms with E-state index in [0.717, 1.165) is 23.6 Å². The number of ether oxygens (including phenoxy) is 2. The van der Waals surface area contributed by atoms with Gasteiger partial charge in [0.05, 0.1) is 31.4 Å². The van der Waals surface area contributed by atoms with Crippen LogP contribution in [0.3, 0.4) is 0 Å². The van der Waals surface area contributed by atoms with Gasteiger partial charge in [0.25, 0.3) is 5.56 Å². The van der Waals surface area contributed by atoms with Crippen LogP contribution in [0.5, 0.6) is 5.75 Å². The van der Waals surface area contributed by atoms with Crippen LogP contribution in [0.1, 0.15) is 44.5 Å². The van der Waals surface area contributed by atoms with E-state index in [0.29, 0.717) is 22.5 Å². The quantitative estimate of drug-likeness (QED) is 0.177. The fraction of sp³-hybridized carbons (Fsp3) is 0.304. The summed E-state index contributed by atoms with van der Waals surface area (Å²) in [6.07, 6.45) is 1.73. The number of hydrogen-bond donors (Lipinski definition) is 0. The SMILES string of the molecule is CC[C@H](C)c1nc2ccc(Br)cc2c(=O)n1N=Cc1cc(I)c(O[C@@H](C)C(=O)OC)c(I)c1. The maximum absolute atomic E-state index is 13.3. The Bertz CT molecular complexity index is 1270. The summed E-state index contributed by atoms with van der Waals surface area (Å²) in [5, 5.41) is 5.02. The molecule has 0 aliphatic rings. The van der Waals surface area contributed by atoms with Gasteiger partial charge in [-0.3, -0.25) is 4.79 Å². The monoisotopic (exact) mass is 737 g/mol. The molecule has 0 fully saturated rings. The van der Waals surface area contributed by atoms with Gasteiger partial charge in [-0.1, -0.05) is 29.8 Å². The molecule has 0 saturated carbocycles. The molecule has 174 valence electrons. The summed E-state index contributed by atoms with van der Waals surface area (Å²) in [7, 11) is 1.33. The largest absolute Gasteiger partial charge is 0.477 e. The van der Waals surface area contributed by atoms with Crippen LogP contribution in [0, 0.1) is 7.14 Å². The van der Waals surface area contributed by atoms with Gasteiger partial charge in [-0.25, -0.2) is 9.78 Å². The van der Waals surface area contributed by atoms with Gasteiger partial charge in [-0.05, 0) is 94.4 Å². The Labute approximate surface area is 227 Å². The Morgan fingerprint density at radius 3 is 2.52 bits per heavy atom. The zero-order valence-corrected chi connectivity index (χ0v) is 24.3. The Balaban J connectivity index is 2.04. The first-order valence-corrected chi connectivity index (χ1v) is 13.1. The van der Waals surface area contributed by atoms with Gasteiger partial charge < -0.3 is 9.47 Å². The van der Waals surface area contributed by atoms with Crippen molar-refractivity contribution in [2.75, 3.05) is 7.11 Å². The second-order valence-corrected chi connectivity index (χ2v) is 10.6. The number of halogens is 3. The maximum Gasteiger partial charge on any atom is 0.346 e. The van der Waals surface area contributed by atoms with Gasteiger partial charge in [-0.2, -0.15) is 9.78 Å². The van der Waals surface area contributed by atoms with Crippen molar-refractivity contribution < 1.29 is 14.3 Å². The molecule has 0 amide bonds. The molecule has 1 aromatic heterocycles. The Kier molecular flexibility index (Phi) is 8.89. The molecule has 0 aliphatic carbocycles. The van der Waals surface area contributed by atoms with E-state index in [-0.39, 0.29) is 11.5 Å². The van der Waals surface area contributed by atoms with E-state index in [2.05, 4.69) is 73.1 Å². The normalized spacial score (nSPS) is 13.3. The summed E-state index contributed by atoms with van der Waals surface area (Å²) in [4.78, 5) is 29.7. The van der Waals surface area contributed by atoms with Gasteiger partial charge >= 0.3 is 5.97 Å².